The van der Waals surface area contributed by atoms with Crippen molar-refractivity contribution in [3.05, 3.63) is 0 Å². The molecule has 0 aromatic rings. The highest BCUT2D eigenvalue weighted by Gasteiger charge is 2.31. The Kier molecular flexibility index (Phi) is 3.98. The molecule has 1 aliphatic rings. The van der Waals surface area contributed by atoms with Crippen LogP contribution in [0.15, 0.2) is 0 Å². The lowest BCUT2D eigenvalue weighted by atomic mass is 10.0. The van der Waals surface area contributed by atoms with Gasteiger partial charge in [0.1, 0.15) is 0 Å². The summed E-state index contributed by atoms with van der Waals surface area (Å²) in [6, 6.07) is 0.283. The van der Waals surface area contributed by atoms with Gasteiger partial charge in [-0.2, -0.15) is 11.8 Å². The molecule has 0 spiro atoms. The van der Waals surface area contributed by atoms with E-state index >= 15 is 0 Å². The maximum atomic E-state index is 12.5. The molecule has 0 aliphatic carbocycles. The minimum Gasteiger partial charge on any atom is -0.304 e. The van der Waals surface area contributed by atoms with Gasteiger partial charge in [-0.3, -0.25) is 0 Å². The minimum atomic E-state index is -2.29. The SMILES string of the molecule is CC(C)(NC1CCSCC1)C(F)F. The fourth-order valence-electron chi connectivity index (χ4n) is 1.43. The first-order chi connectivity index (χ1) is 6.02. The van der Waals surface area contributed by atoms with Crippen molar-refractivity contribution in [1.82, 2.24) is 5.32 Å². The van der Waals surface area contributed by atoms with Gasteiger partial charge in [-0.15, -0.1) is 0 Å². The third-order valence-corrected chi connectivity index (χ3v) is 3.39. The highest BCUT2D eigenvalue weighted by atomic mass is 32.2. The summed E-state index contributed by atoms with van der Waals surface area (Å²) in [5, 5.41) is 3.03. The minimum absolute atomic E-state index is 0.283. The summed E-state index contributed by atoms with van der Waals surface area (Å²) in [5.41, 5.74) is -1.04. The molecule has 78 valence electrons. The van der Waals surface area contributed by atoms with Crippen LogP contribution in [0.3, 0.4) is 0 Å². The molecule has 0 radical (unpaired) electrons. The molecule has 1 aliphatic heterocycles. The molecule has 1 fully saturated rings. The molecule has 1 N–H and O–H groups in total. The van der Waals surface area contributed by atoms with E-state index in [9.17, 15) is 8.78 Å². The van der Waals surface area contributed by atoms with E-state index in [4.69, 9.17) is 0 Å². The first kappa shape index (κ1) is 11.2. The number of alkyl halides is 2. The van der Waals surface area contributed by atoms with Crippen LogP contribution in [0.5, 0.6) is 0 Å². The van der Waals surface area contributed by atoms with Gasteiger partial charge in [0.05, 0.1) is 5.54 Å². The summed E-state index contributed by atoms with van der Waals surface area (Å²) in [4.78, 5) is 0. The maximum absolute atomic E-state index is 12.5. The first-order valence-electron chi connectivity index (χ1n) is 4.66. The molecule has 0 aromatic carbocycles. The van der Waals surface area contributed by atoms with E-state index in [1.807, 2.05) is 11.8 Å². The summed E-state index contributed by atoms with van der Waals surface area (Å²) in [5.74, 6) is 2.19. The maximum Gasteiger partial charge on any atom is 0.255 e. The Bertz CT molecular complexity index is 156. The van der Waals surface area contributed by atoms with Gasteiger partial charge in [0.2, 0.25) is 0 Å². The Morgan fingerprint density at radius 3 is 2.31 bits per heavy atom. The number of rotatable bonds is 3. The van der Waals surface area contributed by atoms with Gasteiger partial charge in [0.15, 0.2) is 0 Å². The van der Waals surface area contributed by atoms with Crippen LogP contribution in [0.4, 0.5) is 8.78 Å². The third kappa shape index (κ3) is 3.43. The number of hydrogen-bond acceptors (Lipinski definition) is 2. The van der Waals surface area contributed by atoms with Crippen molar-refractivity contribution in [2.45, 2.75) is 44.7 Å². The molecule has 1 heterocycles. The van der Waals surface area contributed by atoms with Crippen molar-refractivity contribution in [1.29, 1.82) is 0 Å². The normalized spacial score (nSPS) is 21.0. The van der Waals surface area contributed by atoms with Crippen LogP contribution in [-0.2, 0) is 0 Å². The zero-order valence-electron chi connectivity index (χ0n) is 8.15. The van der Waals surface area contributed by atoms with Gasteiger partial charge in [-0.1, -0.05) is 0 Å². The number of thioether (sulfide) groups is 1. The first-order valence-corrected chi connectivity index (χ1v) is 5.81. The van der Waals surface area contributed by atoms with Crippen molar-refractivity contribution in [2.75, 3.05) is 11.5 Å². The molecule has 1 nitrogen and oxygen atoms in total. The zero-order valence-corrected chi connectivity index (χ0v) is 8.96. The standard InChI is InChI=1S/C9H17F2NS/c1-9(2,8(10)11)12-7-3-5-13-6-4-7/h7-8,12H,3-6H2,1-2H3. The monoisotopic (exact) mass is 209 g/mol. The molecule has 1 rings (SSSR count). The van der Waals surface area contributed by atoms with Gasteiger partial charge in [-0.05, 0) is 38.2 Å². The summed E-state index contributed by atoms with van der Waals surface area (Å²) in [6.45, 7) is 3.14. The lowest BCUT2D eigenvalue weighted by Gasteiger charge is -2.33. The van der Waals surface area contributed by atoms with E-state index < -0.39 is 12.0 Å². The Hall–Kier alpha value is 0.170. The van der Waals surface area contributed by atoms with Crippen molar-refractivity contribution in [3.8, 4) is 0 Å². The molecule has 1 saturated heterocycles. The highest BCUT2D eigenvalue weighted by molar-refractivity contribution is 7.99. The van der Waals surface area contributed by atoms with E-state index in [-0.39, 0.29) is 6.04 Å². The van der Waals surface area contributed by atoms with Crippen LogP contribution in [0.25, 0.3) is 0 Å². The van der Waals surface area contributed by atoms with Crippen LogP contribution in [0, 0.1) is 0 Å². The van der Waals surface area contributed by atoms with E-state index in [1.165, 1.54) is 0 Å². The second-order valence-electron chi connectivity index (χ2n) is 4.05. The molecular formula is C9H17F2NS. The van der Waals surface area contributed by atoms with Crippen molar-refractivity contribution in [3.63, 3.8) is 0 Å². The van der Waals surface area contributed by atoms with Gasteiger partial charge in [-0.25, -0.2) is 8.78 Å². The number of nitrogens with one attached hydrogen (secondary N) is 1. The molecule has 0 bridgehead atoms. The third-order valence-electron chi connectivity index (χ3n) is 2.34. The second kappa shape index (κ2) is 4.60. The number of hydrogen-bond donors (Lipinski definition) is 1. The summed E-state index contributed by atoms with van der Waals surface area (Å²) >= 11 is 1.91. The molecule has 0 amide bonds. The Balaban J connectivity index is 2.37. The van der Waals surface area contributed by atoms with Crippen LogP contribution < -0.4 is 5.32 Å². The summed E-state index contributed by atoms with van der Waals surface area (Å²) < 4.78 is 25.0. The average molecular weight is 209 g/mol. The fraction of sp³-hybridized carbons (Fsp3) is 1.00. The highest BCUT2D eigenvalue weighted by Crippen LogP contribution is 2.21. The van der Waals surface area contributed by atoms with Crippen LogP contribution >= 0.6 is 11.8 Å². The predicted molar refractivity (Wildman–Crippen MR) is 53.6 cm³/mol. The van der Waals surface area contributed by atoms with Crippen LogP contribution in [-0.4, -0.2) is 29.5 Å². The summed E-state index contributed by atoms with van der Waals surface area (Å²) in [6.07, 6.45) is -0.260. The molecule has 0 unspecified atom stereocenters. The van der Waals surface area contributed by atoms with Gasteiger partial charge in [0, 0.05) is 6.04 Å². The molecule has 4 heteroatoms. The predicted octanol–water partition coefficient (Wildman–Crippen LogP) is 2.52. The molecule has 0 aromatic heterocycles. The largest absolute Gasteiger partial charge is 0.304 e. The zero-order chi connectivity index (χ0) is 9.90. The van der Waals surface area contributed by atoms with Crippen molar-refractivity contribution >= 4 is 11.8 Å². The lowest BCUT2D eigenvalue weighted by molar-refractivity contribution is 0.0430. The van der Waals surface area contributed by atoms with Crippen LogP contribution in [0.2, 0.25) is 0 Å². The van der Waals surface area contributed by atoms with E-state index in [0.29, 0.717) is 0 Å². The van der Waals surface area contributed by atoms with Gasteiger partial charge < -0.3 is 5.32 Å². The summed E-state index contributed by atoms with van der Waals surface area (Å²) in [7, 11) is 0. The Morgan fingerprint density at radius 2 is 1.85 bits per heavy atom. The van der Waals surface area contributed by atoms with Crippen molar-refractivity contribution < 1.29 is 8.78 Å². The molecule has 13 heavy (non-hydrogen) atoms. The molecule has 0 atom stereocenters. The van der Waals surface area contributed by atoms with E-state index in [2.05, 4.69) is 5.32 Å². The molecular weight excluding hydrogens is 192 g/mol. The second-order valence-corrected chi connectivity index (χ2v) is 5.28. The number of halogens is 2. The van der Waals surface area contributed by atoms with Crippen LogP contribution in [0.1, 0.15) is 26.7 Å². The lowest BCUT2D eigenvalue weighted by Crippen LogP contribution is -2.51. The van der Waals surface area contributed by atoms with Gasteiger partial charge >= 0.3 is 0 Å². The van der Waals surface area contributed by atoms with Gasteiger partial charge in [0.25, 0.3) is 6.43 Å². The van der Waals surface area contributed by atoms with Crippen molar-refractivity contribution in [2.24, 2.45) is 0 Å². The smallest absolute Gasteiger partial charge is 0.255 e. The molecule has 0 saturated carbocycles. The Labute approximate surface area is 82.7 Å². The Morgan fingerprint density at radius 1 is 1.31 bits per heavy atom. The topological polar surface area (TPSA) is 12.0 Å². The quantitative estimate of drug-likeness (QED) is 0.766. The fourth-order valence-corrected chi connectivity index (χ4v) is 2.54. The van der Waals surface area contributed by atoms with E-state index in [1.54, 1.807) is 13.8 Å². The average Bonchev–Trinajstić information content (AvgIpc) is 2.05. The van der Waals surface area contributed by atoms with E-state index in [0.717, 1.165) is 24.3 Å².